The topological polar surface area (TPSA) is 95.6 Å². The molecule has 0 aliphatic carbocycles. The zero-order valence-corrected chi connectivity index (χ0v) is 14.3. The average molecular weight is 345 g/mol. The van der Waals surface area contributed by atoms with Crippen molar-refractivity contribution in [2.45, 2.75) is 19.6 Å². The van der Waals surface area contributed by atoms with E-state index in [4.69, 9.17) is 4.52 Å². The monoisotopic (exact) mass is 345 g/mol. The van der Waals surface area contributed by atoms with Crippen LogP contribution in [0.4, 0.5) is 0 Å². The van der Waals surface area contributed by atoms with E-state index in [1.54, 1.807) is 25.3 Å². The Morgan fingerprint density at radius 3 is 2.92 bits per heavy atom. The van der Waals surface area contributed by atoms with Crippen LogP contribution < -0.4 is 10.6 Å². The van der Waals surface area contributed by atoms with Crippen LogP contribution in [0.25, 0.3) is 10.1 Å². The van der Waals surface area contributed by atoms with Gasteiger partial charge >= 0.3 is 0 Å². The number of nitrogens with one attached hydrogen (secondary N) is 2. The number of guanidine groups is 1. The van der Waals surface area contributed by atoms with Gasteiger partial charge in [-0.1, -0.05) is 23.4 Å². The Kier molecular flexibility index (Phi) is 5.07. The number of aromatic nitrogens is 2. The molecule has 0 aliphatic heterocycles. The highest BCUT2D eigenvalue weighted by Gasteiger charge is 2.12. The van der Waals surface area contributed by atoms with Crippen molar-refractivity contribution in [3.8, 4) is 0 Å². The highest BCUT2D eigenvalue weighted by atomic mass is 32.1. The molecule has 126 valence electrons. The lowest BCUT2D eigenvalue weighted by molar-refractivity contribution is 0.184. The number of hydrogen-bond acceptors (Lipinski definition) is 6. The Hall–Kier alpha value is -2.45. The van der Waals surface area contributed by atoms with Crippen LogP contribution in [0.15, 0.2) is 39.8 Å². The minimum Gasteiger partial charge on any atom is -0.386 e. The number of hydrogen-bond donors (Lipinski definition) is 3. The summed E-state index contributed by atoms with van der Waals surface area (Å²) in [6.45, 7) is 2.50. The molecule has 8 heteroatoms. The van der Waals surface area contributed by atoms with Crippen molar-refractivity contribution in [2.24, 2.45) is 4.99 Å². The second-order valence-corrected chi connectivity index (χ2v) is 6.36. The molecule has 0 saturated heterocycles. The molecule has 3 N–H and O–H groups in total. The first-order valence-electron chi connectivity index (χ1n) is 7.56. The highest BCUT2D eigenvalue weighted by molar-refractivity contribution is 7.19. The van der Waals surface area contributed by atoms with Crippen molar-refractivity contribution in [1.82, 2.24) is 20.8 Å². The van der Waals surface area contributed by atoms with Crippen LogP contribution in [-0.2, 0) is 6.54 Å². The third kappa shape index (κ3) is 3.90. The third-order valence-electron chi connectivity index (χ3n) is 3.44. The molecule has 0 bridgehead atoms. The van der Waals surface area contributed by atoms with Gasteiger partial charge in [-0.3, -0.25) is 4.99 Å². The third-order valence-corrected chi connectivity index (χ3v) is 4.65. The molecule has 2 heterocycles. The highest BCUT2D eigenvalue weighted by Crippen LogP contribution is 2.29. The van der Waals surface area contributed by atoms with Crippen molar-refractivity contribution in [2.75, 3.05) is 13.6 Å². The van der Waals surface area contributed by atoms with Gasteiger partial charge in [-0.25, -0.2) is 0 Å². The lowest BCUT2D eigenvalue weighted by Crippen LogP contribution is -2.38. The standard InChI is InChI=1S/C16H19N5O2S/c1-10-20-15(23-21-10)9-19-16(17-2)18-8-12(22)14-7-11-5-3-4-6-13(11)24-14/h3-7,12,22H,8-9H2,1-2H3,(H2,17,18,19). The molecule has 24 heavy (non-hydrogen) atoms. The lowest BCUT2D eigenvalue weighted by atomic mass is 10.2. The first-order chi connectivity index (χ1) is 11.7. The average Bonchev–Trinajstić information content (AvgIpc) is 3.20. The summed E-state index contributed by atoms with van der Waals surface area (Å²) in [5.74, 6) is 1.64. The Morgan fingerprint density at radius 1 is 1.38 bits per heavy atom. The van der Waals surface area contributed by atoms with E-state index < -0.39 is 6.10 Å². The molecule has 1 aromatic carbocycles. The van der Waals surface area contributed by atoms with E-state index in [9.17, 15) is 5.11 Å². The van der Waals surface area contributed by atoms with Gasteiger partial charge in [0.2, 0.25) is 5.89 Å². The van der Waals surface area contributed by atoms with Gasteiger partial charge in [0, 0.05) is 23.2 Å². The number of aliphatic hydroxyl groups excluding tert-OH is 1. The van der Waals surface area contributed by atoms with Crippen LogP contribution in [0.3, 0.4) is 0 Å². The summed E-state index contributed by atoms with van der Waals surface area (Å²) in [6, 6.07) is 10.1. The smallest absolute Gasteiger partial charge is 0.246 e. The molecule has 2 aromatic heterocycles. The van der Waals surface area contributed by atoms with Crippen LogP contribution in [0.2, 0.25) is 0 Å². The Morgan fingerprint density at radius 2 is 2.21 bits per heavy atom. The van der Waals surface area contributed by atoms with Crippen molar-refractivity contribution < 1.29 is 9.63 Å². The van der Waals surface area contributed by atoms with Gasteiger partial charge in [0.15, 0.2) is 11.8 Å². The summed E-state index contributed by atoms with van der Waals surface area (Å²) in [6.07, 6.45) is -0.605. The molecule has 0 fully saturated rings. The molecule has 0 radical (unpaired) electrons. The zero-order valence-electron chi connectivity index (χ0n) is 13.5. The largest absolute Gasteiger partial charge is 0.386 e. The summed E-state index contributed by atoms with van der Waals surface area (Å²) in [7, 11) is 1.67. The SMILES string of the molecule is CN=C(NCc1nc(C)no1)NCC(O)c1cc2ccccc2s1. The van der Waals surface area contributed by atoms with E-state index in [2.05, 4.69) is 31.8 Å². The van der Waals surface area contributed by atoms with Crippen LogP contribution in [0, 0.1) is 6.92 Å². The van der Waals surface area contributed by atoms with Crippen LogP contribution in [-0.4, -0.2) is 34.8 Å². The fourth-order valence-electron chi connectivity index (χ4n) is 2.25. The molecular weight excluding hydrogens is 326 g/mol. The van der Waals surface area contributed by atoms with Gasteiger partial charge in [-0.15, -0.1) is 11.3 Å². The summed E-state index contributed by atoms with van der Waals surface area (Å²) < 4.78 is 6.20. The normalized spacial score (nSPS) is 13.2. The lowest BCUT2D eigenvalue weighted by Gasteiger charge is -2.13. The fraction of sp³-hybridized carbons (Fsp3) is 0.312. The first kappa shape index (κ1) is 16.4. The number of rotatable bonds is 5. The van der Waals surface area contributed by atoms with Crippen molar-refractivity contribution in [3.05, 3.63) is 46.9 Å². The molecule has 1 atom stereocenters. The van der Waals surface area contributed by atoms with Crippen molar-refractivity contribution >= 4 is 27.4 Å². The molecule has 0 spiro atoms. The van der Waals surface area contributed by atoms with Crippen molar-refractivity contribution in [3.63, 3.8) is 0 Å². The maximum atomic E-state index is 10.4. The van der Waals surface area contributed by atoms with Crippen LogP contribution in [0.1, 0.15) is 22.7 Å². The Labute approximate surface area is 143 Å². The van der Waals surface area contributed by atoms with Gasteiger partial charge in [-0.05, 0) is 24.4 Å². The molecule has 1 unspecified atom stereocenters. The van der Waals surface area contributed by atoms with E-state index >= 15 is 0 Å². The van der Waals surface area contributed by atoms with Crippen LogP contribution >= 0.6 is 11.3 Å². The van der Waals surface area contributed by atoms with E-state index in [0.29, 0.717) is 30.8 Å². The van der Waals surface area contributed by atoms with E-state index in [1.165, 1.54) is 4.70 Å². The number of benzene rings is 1. The van der Waals surface area contributed by atoms with Gasteiger partial charge in [-0.2, -0.15) is 4.98 Å². The summed E-state index contributed by atoms with van der Waals surface area (Å²) in [5, 5.41) is 21.4. The number of nitrogens with zero attached hydrogens (tertiary/aromatic N) is 3. The Bertz CT molecular complexity index is 809. The minimum atomic E-state index is -0.605. The molecule has 3 aromatic rings. The van der Waals surface area contributed by atoms with Gasteiger partial charge in [0.25, 0.3) is 0 Å². The van der Waals surface area contributed by atoms with E-state index in [-0.39, 0.29) is 0 Å². The predicted molar refractivity (Wildman–Crippen MR) is 94.0 cm³/mol. The number of fused-ring (bicyclic) bond motifs is 1. The molecular formula is C16H19N5O2S. The molecule has 7 nitrogen and oxygen atoms in total. The maximum absolute atomic E-state index is 10.4. The van der Waals surface area contributed by atoms with Gasteiger partial charge < -0.3 is 20.3 Å². The molecule has 0 amide bonds. The van der Waals surface area contributed by atoms with Crippen molar-refractivity contribution in [1.29, 1.82) is 0 Å². The Balaban J connectivity index is 1.54. The number of thiophene rings is 1. The fourth-order valence-corrected chi connectivity index (χ4v) is 3.30. The van der Waals surface area contributed by atoms with Gasteiger partial charge in [0.05, 0.1) is 6.54 Å². The zero-order chi connectivity index (χ0) is 16.9. The number of aryl methyl sites for hydroxylation is 1. The quantitative estimate of drug-likeness (QED) is 0.483. The summed E-state index contributed by atoms with van der Waals surface area (Å²) in [5.41, 5.74) is 0. The second kappa shape index (κ2) is 7.41. The van der Waals surface area contributed by atoms with E-state index in [0.717, 1.165) is 10.3 Å². The summed E-state index contributed by atoms with van der Waals surface area (Å²) in [4.78, 5) is 9.15. The molecule has 3 rings (SSSR count). The minimum absolute atomic E-state index is 0.357. The first-order valence-corrected chi connectivity index (χ1v) is 8.37. The van der Waals surface area contributed by atoms with E-state index in [1.807, 2.05) is 24.3 Å². The molecule has 0 saturated carbocycles. The number of aliphatic imine (C=N–C) groups is 1. The maximum Gasteiger partial charge on any atom is 0.246 e. The summed E-state index contributed by atoms with van der Waals surface area (Å²) >= 11 is 1.59. The predicted octanol–water partition coefficient (Wildman–Crippen LogP) is 1.99. The van der Waals surface area contributed by atoms with Crippen LogP contribution in [0.5, 0.6) is 0 Å². The molecule has 0 aliphatic rings. The second-order valence-electron chi connectivity index (χ2n) is 5.24. The van der Waals surface area contributed by atoms with Gasteiger partial charge in [0.1, 0.15) is 6.10 Å². The number of aliphatic hydroxyl groups is 1.